The van der Waals surface area contributed by atoms with E-state index in [-0.39, 0.29) is 17.4 Å². The Labute approximate surface area is 115 Å². The molecule has 4 heteroatoms. The zero-order valence-electron chi connectivity index (χ0n) is 11.9. The summed E-state index contributed by atoms with van der Waals surface area (Å²) in [7, 11) is 0. The van der Waals surface area contributed by atoms with Crippen LogP contribution in [0.15, 0.2) is 18.5 Å². The first kappa shape index (κ1) is 14.4. The molecule has 0 saturated carbocycles. The van der Waals surface area contributed by atoms with Crippen molar-refractivity contribution in [2.75, 3.05) is 13.1 Å². The largest absolute Gasteiger partial charge is 0.322 e. The average molecular weight is 265 g/mol. The lowest BCUT2D eigenvalue weighted by molar-refractivity contribution is 0.0753. The molecule has 1 fully saturated rings. The molecule has 0 amide bonds. The predicted molar refractivity (Wildman–Crippen MR) is 75.2 cm³/mol. The summed E-state index contributed by atoms with van der Waals surface area (Å²) in [5.74, 6) is -0.291. The van der Waals surface area contributed by atoms with Crippen LogP contribution in [0.5, 0.6) is 0 Å². The van der Waals surface area contributed by atoms with E-state index >= 15 is 0 Å². The van der Waals surface area contributed by atoms with Crippen molar-refractivity contribution in [1.29, 1.82) is 0 Å². The Morgan fingerprint density at radius 2 is 2.00 bits per heavy atom. The Morgan fingerprint density at radius 3 is 2.53 bits per heavy atom. The monoisotopic (exact) mass is 265 g/mol. The summed E-state index contributed by atoms with van der Waals surface area (Å²) in [6.07, 6.45) is 7.19. The number of nitrogens with zero attached hydrogens (tertiary/aromatic N) is 2. The van der Waals surface area contributed by atoms with E-state index in [4.69, 9.17) is 5.73 Å². The molecule has 1 atom stereocenters. The molecule has 1 saturated heterocycles. The van der Waals surface area contributed by atoms with E-state index in [9.17, 15) is 4.39 Å². The van der Waals surface area contributed by atoms with Crippen LogP contribution in [0.3, 0.4) is 0 Å². The third-order valence-corrected chi connectivity index (χ3v) is 4.68. The SMILES string of the molecule is CCC(CC)(C(N)c1ccncc1F)N1CCCC1. The molecule has 19 heavy (non-hydrogen) atoms. The van der Waals surface area contributed by atoms with Crippen LogP contribution in [-0.2, 0) is 0 Å². The van der Waals surface area contributed by atoms with Crippen molar-refractivity contribution in [2.24, 2.45) is 5.73 Å². The predicted octanol–water partition coefficient (Wildman–Crippen LogP) is 2.88. The molecular formula is C15H24FN3. The van der Waals surface area contributed by atoms with Crippen LogP contribution in [0.1, 0.15) is 51.1 Å². The third kappa shape index (κ3) is 2.51. The Bertz CT molecular complexity index is 412. The Hall–Kier alpha value is -1.00. The molecule has 1 aliphatic rings. The van der Waals surface area contributed by atoms with Crippen LogP contribution < -0.4 is 5.73 Å². The molecule has 0 aromatic carbocycles. The molecule has 0 aliphatic carbocycles. The van der Waals surface area contributed by atoms with Crippen LogP contribution >= 0.6 is 0 Å². The molecule has 3 nitrogen and oxygen atoms in total. The van der Waals surface area contributed by atoms with E-state index in [1.54, 1.807) is 12.3 Å². The van der Waals surface area contributed by atoms with Crippen LogP contribution in [0.4, 0.5) is 4.39 Å². The quantitative estimate of drug-likeness (QED) is 0.890. The van der Waals surface area contributed by atoms with E-state index in [2.05, 4.69) is 23.7 Å². The van der Waals surface area contributed by atoms with Gasteiger partial charge >= 0.3 is 0 Å². The van der Waals surface area contributed by atoms with Gasteiger partial charge in [0.15, 0.2) is 0 Å². The van der Waals surface area contributed by atoms with Gasteiger partial charge < -0.3 is 5.73 Å². The summed E-state index contributed by atoms with van der Waals surface area (Å²) in [6.45, 7) is 6.45. The van der Waals surface area contributed by atoms with Gasteiger partial charge in [0.25, 0.3) is 0 Å². The van der Waals surface area contributed by atoms with E-state index < -0.39 is 0 Å². The number of halogens is 1. The maximum absolute atomic E-state index is 14.0. The summed E-state index contributed by atoms with van der Waals surface area (Å²) < 4.78 is 14.0. The second kappa shape index (κ2) is 5.97. The van der Waals surface area contributed by atoms with Crippen LogP contribution in [0.25, 0.3) is 0 Å². The molecule has 1 aromatic heterocycles. The van der Waals surface area contributed by atoms with Gasteiger partial charge in [-0.25, -0.2) is 4.39 Å². The molecular weight excluding hydrogens is 241 g/mol. The first-order chi connectivity index (χ1) is 9.15. The fraction of sp³-hybridized carbons (Fsp3) is 0.667. The molecule has 0 bridgehead atoms. The number of pyridine rings is 1. The highest BCUT2D eigenvalue weighted by atomic mass is 19.1. The van der Waals surface area contributed by atoms with Crippen molar-refractivity contribution in [3.8, 4) is 0 Å². The van der Waals surface area contributed by atoms with Crippen molar-refractivity contribution in [2.45, 2.75) is 51.1 Å². The van der Waals surface area contributed by atoms with Gasteiger partial charge in [0.2, 0.25) is 0 Å². The standard InChI is InChI=1S/C15H24FN3/c1-3-15(4-2,19-9-5-6-10-19)14(17)12-7-8-18-11-13(12)16/h7-8,11,14H,3-6,9-10,17H2,1-2H3. The molecule has 106 valence electrons. The molecule has 1 unspecified atom stereocenters. The van der Waals surface area contributed by atoms with Crippen molar-refractivity contribution in [1.82, 2.24) is 9.88 Å². The maximum atomic E-state index is 14.0. The van der Waals surface area contributed by atoms with E-state index in [1.807, 2.05) is 0 Å². The van der Waals surface area contributed by atoms with Crippen LogP contribution in [-0.4, -0.2) is 28.5 Å². The van der Waals surface area contributed by atoms with Gasteiger partial charge in [-0.15, -0.1) is 0 Å². The molecule has 1 aromatic rings. The average Bonchev–Trinajstić information content (AvgIpc) is 2.96. The number of rotatable bonds is 5. The summed E-state index contributed by atoms with van der Waals surface area (Å²) in [4.78, 5) is 6.27. The zero-order chi connectivity index (χ0) is 13.9. The number of likely N-dealkylation sites (tertiary alicyclic amines) is 1. The summed E-state index contributed by atoms with van der Waals surface area (Å²) in [6, 6.07) is 1.42. The van der Waals surface area contributed by atoms with Crippen LogP contribution in [0, 0.1) is 5.82 Å². The highest BCUT2D eigenvalue weighted by molar-refractivity contribution is 5.22. The molecule has 0 radical (unpaired) electrons. The fourth-order valence-corrected chi connectivity index (χ4v) is 3.42. The molecule has 1 aliphatic heterocycles. The second-order valence-corrected chi connectivity index (χ2v) is 5.38. The van der Waals surface area contributed by atoms with Gasteiger partial charge in [-0.3, -0.25) is 9.88 Å². The first-order valence-electron chi connectivity index (χ1n) is 7.25. The summed E-state index contributed by atoms with van der Waals surface area (Å²) in [5.41, 5.74) is 6.91. The Kier molecular flexibility index (Phi) is 4.53. The van der Waals surface area contributed by atoms with Crippen molar-refractivity contribution in [3.63, 3.8) is 0 Å². The highest BCUT2D eigenvalue weighted by Crippen LogP contribution is 2.38. The minimum absolute atomic E-state index is 0.140. The van der Waals surface area contributed by atoms with Crippen LogP contribution in [0.2, 0.25) is 0 Å². The molecule has 0 spiro atoms. The number of hydrogen-bond acceptors (Lipinski definition) is 3. The third-order valence-electron chi connectivity index (χ3n) is 4.68. The van der Waals surface area contributed by atoms with Gasteiger partial charge in [-0.2, -0.15) is 0 Å². The van der Waals surface area contributed by atoms with Crippen molar-refractivity contribution in [3.05, 3.63) is 29.8 Å². The topological polar surface area (TPSA) is 42.1 Å². The zero-order valence-corrected chi connectivity index (χ0v) is 11.9. The van der Waals surface area contributed by atoms with E-state index in [0.29, 0.717) is 5.56 Å². The molecule has 2 N–H and O–H groups in total. The number of aromatic nitrogens is 1. The van der Waals surface area contributed by atoms with E-state index in [1.165, 1.54) is 19.0 Å². The van der Waals surface area contributed by atoms with Gasteiger partial charge in [0, 0.05) is 17.3 Å². The smallest absolute Gasteiger partial charge is 0.146 e. The first-order valence-corrected chi connectivity index (χ1v) is 7.25. The van der Waals surface area contributed by atoms with Gasteiger partial charge in [-0.1, -0.05) is 13.8 Å². The van der Waals surface area contributed by atoms with Crippen molar-refractivity contribution >= 4 is 0 Å². The van der Waals surface area contributed by atoms with Crippen molar-refractivity contribution < 1.29 is 4.39 Å². The summed E-state index contributed by atoms with van der Waals surface area (Å²) in [5, 5.41) is 0. The minimum Gasteiger partial charge on any atom is -0.322 e. The Balaban J connectivity index is 2.35. The lowest BCUT2D eigenvalue weighted by Crippen LogP contribution is -2.54. The van der Waals surface area contributed by atoms with Gasteiger partial charge in [-0.05, 0) is 44.8 Å². The normalized spacial score (nSPS) is 18.7. The number of nitrogens with two attached hydrogens (primary N) is 1. The summed E-state index contributed by atoms with van der Waals surface area (Å²) >= 11 is 0. The lowest BCUT2D eigenvalue weighted by atomic mass is 9.80. The minimum atomic E-state index is -0.302. The van der Waals surface area contributed by atoms with Gasteiger partial charge in [0.1, 0.15) is 5.82 Å². The second-order valence-electron chi connectivity index (χ2n) is 5.38. The van der Waals surface area contributed by atoms with E-state index in [0.717, 1.165) is 25.9 Å². The molecule has 2 rings (SSSR count). The maximum Gasteiger partial charge on any atom is 0.146 e. The lowest BCUT2D eigenvalue weighted by Gasteiger charge is -2.45. The Morgan fingerprint density at radius 1 is 1.37 bits per heavy atom. The van der Waals surface area contributed by atoms with Gasteiger partial charge in [0.05, 0.1) is 12.2 Å². The highest BCUT2D eigenvalue weighted by Gasteiger charge is 2.41. The molecule has 2 heterocycles. The number of hydrogen-bond donors (Lipinski definition) is 1. The fourth-order valence-electron chi connectivity index (χ4n) is 3.42.